The molecule has 0 unspecified atom stereocenters. The zero-order valence-corrected chi connectivity index (χ0v) is 16.8. The summed E-state index contributed by atoms with van der Waals surface area (Å²) >= 11 is 6.02. The number of nitrogens with zero attached hydrogens (tertiary/aromatic N) is 2. The van der Waals surface area contributed by atoms with Crippen LogP contribution in [0.5, 0.6) is 0 Å². The highest BCUT2D eigenvalue weighted by Gasteiger charge is 2.42. The molecule has 0 radical (unpaired) electrons. The monoisotopic (exact) mass is 433 g/mol. The lowest BCUT2D eigenvalue weighted by atomic mass is 9.92. The molecule has 4 nitrogen and oxygen atoms in total. The highest BCUT2D eigenvalue weighted by atomic mass is 35.5. The molecule has 2 atom stereocenters. The predicted octanol–water partition coefficient (Wildman–Crippen LogP) is 5.72. The number of hydrogen-bond acceptors (Lipinski definition) is 4. The molecule has 1 aliphatic heterocycles. The van der Waals surface area contributed by atoms with Crippen molar-refractivity contribution >= 4 is 17.3 Å². The van der Waals surface area contributed by atoms with Gasteiger partial charge in [0.15, 0.2) is 5.76 Å². The van der Waals surface area contributed by atoms with Gasteiger partial charge in [-0.3, -0.25) is 4.99 Å². The number of aliphatic imine (C=N–C) groups is 1. The van der Waals surface area contributed by atoms with Crippen LogP contribution in [-0.2, 0) is 0 Å². The molecule has 0 bridgehead atoms. The first-order valence-electron chi connectivity index (χ1n) is 9.46. The SMILES string of the molecule is Cc1noc2c1-c1ccccc1C(c1ccc(Cl)cc1)=N[C@H]2C[C@@H](CN)C(F)(F)F. The van der Waals surface area contributed by atoms with Gasteiger partial charge in [0, 0.05) is 22.7 Å². The Hall–Kier alpha value is -2.64. The van der Waals surface area contributed by atoms with Crippen molar-refractivity contribution in [1.29, 1.82) is 0 Å². The fraction of sp³-hybridized carbons (Fsp3) is 0.273. The van der Waals surface area contributed by atoms with Gasteiger partial charge < -0.3 is 10.3 Å². The van der Waals surface area contributed by atoms with E-state index in [9.17, 15) is 13.2 Å². The van der Waals surface area contributed by atoms with Crippen LogP contribution in [-0.4, -0.2) is 23.6 Å². The second-order valence-electron chi connectivity index (χ2n) is 7.26. The molecule has 1 aliphatic rings. The molecule has 0 fully saturated rings. The van der Waals surface area contributed by atoms with Gasteiger partial charge in [-0.25, -0.2) is 0 Å². The molecule has 1 aromatic heterocycles. The lowest BCUT2D eigenvalue weighted by molar-refractivity contribution is -0.174. The van der Waals surface area contributed by atoms with E-state index < -0.39 is 24.7 Å². The van der Waals surface area contributed by atoms with Crippen LogP contribution in [0, 0.1) is 12.8 Å². The van der Waals surface area contributed by atoms with Gasteiger partial charge in [-0.15, -0.1) is 0 Å². The summed E-state index contributed by atoms with van der Waals surface area (Å²) in [7, 11) is 0. The number of aromatic nitrogens is 1. The highest BCUT2D eigenvalue weighted by molar-refractivity contribution is 6.30. The summed E-state index contributed by atoms with van der Waals surface area (Å²) in [4.78, 5) is 4.76. The van der Waals surface area contributed by atoms with Crippen LogP contribution in [0.15, 0.2) is 58.0 Å². The van der Waals surface area contributed by atoms with Crippen molar-refractivity contribution in [2.45, 2.75) is 25.6 Å². The molecule has 2 heterocycles. The Balaban J connectivity index is 1.93. The lowest BCUT2D eigenvalue weighted by Crippen LogP contribution is -2.31. The molecule has 0 amide bonds. The number of hydrogen-bond donors (Lipinski definition) is 1. The number of rotatable bonds is 4. The Labute approximate surface area is 176 Å². The third kappa shape index (κ3) is 3.75. The van der Waals surface area contributed by atoms with E-state index in [1.165, 1.54) is 0 Å². The third-order valence-electron chi connectivity index (χ3n) is 5.30. The molecule has 4 rings (SSSR count). The maximum Gasteiger partial charge on any atom is 0.393 e. The first-order chi connectivity index (χ1) is 14.3. The van der Waals surface area contributed by atoms with Crippen molar-refractivity contribution < 1.29 is 17.7 Å². The third-order valence-corrected chi connectivity index (χ3v) is 5.55. The van der Waals surface area contributed by atoms with E-state index in [0.29, 0.717) is 27.8 Å². The Morgan fingerprint density at radius 1 is 1.10 bits per heavy atom. The van der Waals surface area contributed by atoms with Crippen molar-refractivity contribution in [3.63, 3.8) is 0 Å². The van der Waals surface area contributed by atoms with E-state index in [-0.39, 0.29) is 6.42 Å². The predicted molar refractivity (Wildman–Crippen MR) is 110 cm³/mol. The molecule has 30 heavy (non-hydrogen) atoms. The van der Waals surface area contributed by atoms with Gasteiger partial charge in [-0.05, 0) is 31.0 Å². The molecule has 8 heteroatoms. The standard InChI is InChI=1S/C22H19ClF3N3O/c1-12-19-16-4-2-3-5-17(16)20(13-6-8-15(23)9-7-13)28-18(21(19)30-29-12)10-14(11-27)22(24,25)26/h2-9,14,18H,10-11,27H2,1H3/t14-,18-/m0/s1. The number of halogens is 4. The van der Waals surface area contributed by atoms with Gasteiger partial charge in [0.1, 0.15) is 6.04 Å². The van der Waals surface area contributed by atoms with Gasteiger partial charge >= 0.3 is 6.18 Å². The molecule has 0 saturated heterocycles. The van der Waals surface area contributed by atoms with Crippen LogP contribution < -0.4 is 5.73 Å². The summed E-state index contributed by atoms with van der Waals surface area (Å²) in [6.07, 6.45) is -4.76. The van der Waals surface area contributed by atoms with Crippen molar-refractivity contribution in [2.24, 2.45) is 16.6 Å². The van der Waals surface area contributed by atoms with Crippen LogP contribution in [0.2, 0.25) is 5.02 Å². The summed E-state index contributed by atoms with van der Waals surface area (Å²) in [5.74, 6) is -1.39. The number of aryl methyl sites for hydroxylation is 1. The van der Waals surface area contributed by atoms with E-state index in [1.807, 2.05) is 24.3 Å². The molecule has 0 spiro atoms. The average molecular weight is 434 g/mol. The topological polar surface area (TPSA) is 64.4 Å². The Morgan fingerprint density at radius 3 is 2.40 bits per heavy atom. The first-order valence-corrected chi connectivity index (χ1v) is 9.84. The fourth-order valence-corrected chi connectivity index (χ4v) is 3.89. The number of fused-ring (bicyclic) bond motifs is 3. The van der Waals surface area contributed by atoms with Crippen molar-refractivity contribution in [3.05, 3.63) is 76.1 Å². The maximum absolute atomic E-state index is 13.5. The minimum atomic E-state index is -4.43. The minimum Gasteiger partial charge on any atom is -0.358 e. The lowest BCUT2D eigenvalue weighted by Gasteiger charge is -2.21. The second-order valence-corrected chi connectivity index (χ2v) is 7.70. The summed E-state index contributed by atoms with van der Waals surface area (Å²) in [5, 5.41) is 4.58. The smallest absolute Gasteiger partial charge is 0.358 e. The van der Waals surface area contributed by atoms with E-state index >= 15 is 0 Å². The van der Waals surface area contributed by atoms with Gasteiger partial charge in [-0.2, -0.15) is 13.2 Å². The Morgan fingerprint density at radius 2 is 1.77 bits per heavy atom. The summed E-state index contributed by atoms with van der Waals surface area (Å²) in [6, 6.07) is 13.7. The fourth-order valence-electron chi connectivity index (χ4n) is 3.76. The number of benzene rings is 2. The molecule has 2 N–H and O–H groups in total. The number of nitrogens with two attached hydrogens (primary N) is 1. The van der Waals surface area contributed by atoms with Crippen LogP contribution >= 0.6 is 11.6 Å². The maximum atomic E-state index is 13.5. The molecular formula is C22H19ClF3N3O. The van der Waals surface area contributed by atoms with Gasteiger partial charge in [0.05, 0.1) is 22.9 Å². The van der Waals surface area contributed by atoms with E-state index in [0.717, 1.165) is 16.7 Å². The first kappa shape index (κ1) is 20.6. The van der Waals surface area contributed by atoms with E-state index in [2.05, 4.69) is 5.16 Å². The highest BCUT2D eigenvalue weighted by Crippen LogP contribution is 2.43. The quantitative estimate of drug-likeness (QED) is 0.572. The zero-order chi connectivity index (χ0) is 21.5. The van der Waals surface area contributed by atoms with Crippen LogP contribution in [0.1, 0.15) is 35.0 Å². The van der Waals surface area contributed by atoms with Gasteiger partial charge in [0.2, 0.25) is 0 Å². The normalized spacial score (nSPS) is 17.0. The number of alkyl halides is 3. The molecular weight excluding hydrogens is 415 g/mol. The van der Waals surface area contributed by atoms with Crippen LogP contribution in [0.4, 0.5) is 13.2 Å². The summed E-state index contributed by atoms with van der Waals surface area (Å²) in [5.41, 5.74) is 9.69. The molecule has 3 aromatic rings. The zero-order valence-electron chi connectivity index (χ0n) is 16.1. The van der Waals surface area contributed by atoms with Crippen LogP contribution in [0.25, 0.3) is 11.1 Å². The molecule has 2 aromatic carbocycles. The Bertz CT molecular complexity index is 1090. The van der Waals surface area contributed by atoms with Gasteiger partial charge in [-0.1, -0.05) is 53.2 Å². The van der Waals surface area contributed by atoms with Crippen LogP contribution in [0.3, 0.4) is 0 Å². The van der Waals surface area contributed by atoms with Gasteiger partial charge in [0.25, 0.3) is 0 Å². The largest absolute Gasteiger partial charge is 0.393 e. The molecule has 0 aliphatic carbocycles. The second kappa shape index (κ2) is 7.89. The Kier molecular flexibility index (Phi) is 5.42. The minimum absolute atomic E-state index is 0.326. The average Bonchev–Trinajstić information content (AvgIpc) is 3.03. The summed E-state index contributed by atoms with van der Waals surface area (Å²) in [6.45, 7) is 1.24. The van der Waals surface area contributed by atoms with Crippen molar-refractivity contribution in [2.75, 3.05) is 6.54 Å². The van der Waals surface area contributed by atoms with Crippen molar-refractivity contribution in [3.8, 4) is 11.1 Å². The summed E-state index contributed by atoms with van der Waals surface area (Å²) < 4.78 is 46.0. The van der Waals surface area contributed by atoms with E-state index in [1.54, 1.807) is 31.2 Å². The molecule has 0 saturated carbocycles. The van der Waals surface area contributed by atoms with E-state index in [4.69, 9.17) is 26.9 Å². The molecule has 156 valence electrons. The van der Waals surface area contributed by atoms with Crippen molar-refractivity contribution in [1.82, 2.24) is 5.16 Å².